The molecule has 2 aromatic carbocycles. The Kier molecular flexibility index (Phi) is 4.01. The van der Waals surface area contributed by atoms with Gasteiger partial charge >= 0.3 is 0 Å². The highest BCUT2D eigenvalue weighted by atomic mass is 16.5. The van der Waals surface area contributed by atoms with Crippen LogP contribution in [-0.4, -0.2) is 12.2 Å². The average Bonchev–Trinajstić information content (AvgIpc) is 2.48. The second-order valence-electron chi connectivity index (χ2n) is 3.88. The van der Waals surface area contributed by atoms with Gasteiger partial charge in [-0.2, -0.15) is 5.26 Å². The second kappa shape index (κ2) is 5.89. The van der Waals surface area contributed by atoms with Crippen molar-refractivity contribution in [3.63, 3.8) is 0 Å². The van der Waals surface area contributed by atoms with Crippen LogP contribution in [0.1, 0.15) is 11.1 Å². The first-order valence-corrected chi connectivity index (χ1v) is 5.72. The minimum atomic E-state index is -0.103. The molecule has 0 heterocycles. The summed E-state index contributed by atoms with van der Waals surface area (Å²) in [6, 6.07) is 14.2. The summed E-state index contributed by atoms with van der Waals surface area (Å²) >= 11 is 0. The summed E-state index contributed by atoms with van der Waals surface area (Å²) < 4.78 is 10.8. The molecular formula is C15H13NO3. The smallest absolute Gasteiger partial charge is 0.145 e. The van der Waals surface area contributed by atoms with E-state index in [-0.39, 0.29) is 6.61 Å². The molecule has 0 aromatic heterocycles. The summed E-state index contributed by atoms with van der Waals surface area (Å²) in [4.78, 5) is 0. The number of methoxy groups -OCH3 is 1. The predicted octanol–water partition coefficient (Wildman–Crippen LogP) is 2.85. The van der Waals surface area contributed by atoms with E-state index in [9.17, 15) is 0 Å². The molecule has 0 radical (unpaired) electrons. The molecule has 19 heavy (non-hydrogen) atoms. The topological polar surface area (TPSA) is 62.5 Å². The van der Waals surface area contributed by atoms with Crippen LogP contribution in [0.5, 0.6) is 17.2 Å². The molecule has 0 saturated heterocycles. The van der Waals surface area contributed by atoms with Crippen LogP contribution in [0.2, 0.25) is 0 Å². The van der Waals surface area contributed by atoms with Gasteiger partial charge in [-0.05, 0) is 29.8 Å². The van der Waals surface area contributed by atoms with Crippen molar-refractivity contribution in [1.82, 2.24) is 0 Å². The lowest BCUT2D eigenvalue weighted by atomic mass is 10.1. The van der Waals surface area contributed by atoms with Crippen LogP contribution >= 0.6 is 0 Å². The van der Waals surface area contributed by atoms with Gasteiger partial charge in [-0.3, -0.25) is 0 Å². The summed E-state index contributed by atoms with van der Waals surface area (Å²) in [7, 11) is 1.58. The Balaban J connectivity index is 2.30. The summed E-state index contributed by atoms with van der Waals surface area (Å²) in [6.07, 6.45) is 0. The zero-order chi connectivity index (χ0) is 13.7. The lowest BCUT2D eigenvalue weighted by molar-refractivity contribution is 0.281. The highest BCUT2D eigenvalue weighted by Gasteiger charge is 2.06. The van der Waals surface area contributed by atoms with Gasteiger partial charge in [0.25, 0.3) is 0 Å². The molecule has 0 aliphatic rings. The monoisotopic (exact) mass is 255 g/mol. The highest BCUT2D eigenvalue weighted by molar-refractivity contribution is 5.48. The Bertz CT molecular complexity index is 617. The molecule has 0 fully saturated rings. The number of nitriles is 1. The van der Waals surface area contributed by atoms with Crippen LogP contribution in [0.15, 0.2) is 42.5 Å². The van der Waals surface area contributed by atoms with Gasteiger partial charge in [0.2, 0.25) is 0 Å². The van der Waals surface area contributed by atoms with Gasteiger partial charge in [0.1, 0.15) is 23.3 Å². The van der Waals surface area contributed by atoms with Gasteiger partial charge in [0.15, 0.2) is 0 Å². The maximum Gasteiger partial charge on any atom is 0.145 e. The number of benzene rings is 2. The molecule has 0 atom stereocenters. The number of rotatable bonds is 4. The Labute approximate surface area is 111 Å². The van der Waals surface area contributed by atoms with Crippen LogP contribution in [0.4, 0.5) is 0 Å². The Morgan fingerprint density at radius 1 is 1.16 bits per heavy atom. The first-order chi connectivity index (χ1) is 9.26. The maximum absolute atomic E-state index is 9.08. The second-order valence-corrected chi connectivity index (χ2v) is 3.88. The number of nitrogens with zero attached hydrogens (tertiary/aromatic N) is 1. The largest absolute Gasteiger partial charge is 0.497 e. The molecule has 96 valence electrons. The average molecular weight is 255 g/mol. The normalized spacial score (nSPS) is 9.74. The molecule has 4 heteroatoms. The molecule has 0 saturated carbocycles. The molecule has 2 aromatic rings. The highest BCUT2D eigenvalue weighted by Crippen LogP contribution is 2.28. The fourth-order valence-corrected chi connectivity index (χ4v) is 1.64. The lowest BCUT2D eigenvalue weighted by Crippen LogP contribution is -1.92. The minimum Gasteiger partial charge on any atom is -0.497 e. The summed E-state index contributed by atoms with van der Waals surface area (Å²) in [5.74, 6) is 1.73. The van der Waals surface area contributed by atoms with Crippen LogP contribution < -0.4 is 9.47 Å². The van der Waals surface area contributed by atoms with Gasteiger partial charge in [-0.25, -0.2) is 0 Å². The van der Waals surface area contributed by atoms with E-state index in [1.807, 2.05) is 12.1 Å². The van der Waals surface area contributed by atoms with Gasteiger partial charge in [0.05, 0.1) is 19.3 Å². The van der Waals surface area contributed by atoms with Gasteiger partial charge in [-0.1, -0.05) is 12.1 Å². The molecule has 2 rings (SSSR count). The SMILES string of the molecule is COc1cccc(Oc2ccc(CO)cc2C#N)c1. The molecule has 0 amide bonds. The van der Waals surface area contributed by atoms with Crippen molar-refractivity contribution in [3.05, 3.63) is 53.6 Å². The lowest BCUT2D eigenvalue weighted by Gasteiger charge is -2.09. The Morgan fingerprint density at radius 2 is 1.95 bits per heavy atom. The standard InChI is InChI=1S/C15H13NO3/c1-18-13-3-2-4-14(8-13)19-15-6-5-11(10-17)7-12(15)9-16/h2-8,17H,10H2,1H3. The van der Waals surface area contributed by atoms with E-state index >= 15 is 0 Å². The van der Waals surface area contributed by atoms with Crippen molar-refractivity contribution in [3.8, 4) is 23.3 Å². The fraction of sp³-hybridized carbons (Fsp3) is 0.133. The van der Waals surface area contributed by atoms with Gasteiger partial charge < -0.3 is 14.6 Å². The van der Waals surface area contributed by atoms with Crippen LogP contribution in [0, 0.1) is 11.3 Å². The van der Waals surface area contributed by atoms with E-state index in [2.05, 4.69) is 6.07 Å². The zero-order valence-corrected chi connectivity index (χ0v) is 10.5. The summed E-state index contributed by atoms with van der Waals surface area (Å²) in [5, 5.41) is 18.1. The molecule has 0 spiro atoms. The van der Waals surface area contributed by atoms with Crippen LogP contribution in [-0.2, 0) is 6.61 Å². The fourth-order valence-electron chi connectivity index (χ4n) is 1.64. The van der Waals surface area contributed by atoms with Crippen molar-refractivity contribution < 1.29 is 14.6 Å². The van der Waals surface area contributed by atoms with E-state index in [1.165, 1.54) is 0 Å². The Hall–Kier alpha value is -2.51. The molecule has 0 aliphatic carbocycles. The molecular weight excluding hydrogens is 242 g/mol. The third-order valence-corrected chi connectivity index (χ3v) is 2.62. The summed E-state index contributed by atoms with van der Waals surface area (Å²) in [5.41, 5.74) is 1.06. The quantitative estimate of drug-likeness (QED) is 0.912. The molecule has 0 aliphatic heterocycles. The van der Waals surface area contributed by atoms with Crippen LogP contribution in [0.25, 0.3) is 0 Å². The van der Waals surface area contributed by atoms with E-state index < -0.39 is 0 Å². The third-order valence-electron chi connectivity index (χ3n) is 2.62. The number of aliphatic hydroxyl groups excluding tert-OH is 1. The predicted molar refractivity (Wildman–Crippen MR) is 70.1 cm³/mol. The van der Waals surface area contributed by atoms with E-state index in [0.717, 1.165) is 0 Å². The number of aliphatic hydroxyl groups is 1. The van der Waals surface area contributed by atoms with Crippen molar-refractivity contribution in [2.24, 2.45) is 0 Å². The number of hydrogen-bond acceptors (Lipinski definition) is 4. The molecule has 1 N–H and O–H groups in total. The van der Waals surface area contributed by atoms with Crippen molar-refractivity contribution >= 4 is 0 Å². The van der Waals surface area contributed by atoms with Crippen molar-refractivity contribution in [2.45, 2.75) is 6.61 Å². The maximum atomic E-state index is 9.08. The van der Waals surface area contributed by atoms with Crippen molar-refractivity contribution in [1.29, 1.82) is 5.26 Å². The van der Waals surface area contributed by atoms with E-state index in [0.29, 0.717) is 28.4 Å². The first kappa shape index (κ1) is 12.9. The zero-order valence-electron chi connectivity index (χ0n) is 10.5. The molecule has 0 unspecified atom stereocenters. The Morgan fingerprint density at radius 3 is 2.63 bits per heavy atom. The van der Waals surface area contributed by atoms with Crippen LogP contribution in [0.3, 0.4) is 0 Å². The third kappa shape index (κ3) is 3.03. The van der Waals surface area contributed by atoms with E-state index in [4.69, 9.17) is 19.8 Å². The van der Waals surface area contributed by atoms with Crippen molar-refractivity contribution in [2.75, 3.05) is 7.11 Å². The van der Waals surface area contributed by atoms with Gasteiger partial charge in [-0.15, -0.1) is 0 Å². The molecule has 4 nitrogen and oxygen atoms in total. The van der Waals surface area contributed by atoms with Gasteiger partial charge in [0, 0.05) is 6.07 Å². The number of ether oxygens (including phenoxy) is 2. The molecule has 0 bridgehead atoms. The first-order valence-electron chi connectivity index (χ1n) is 5.72. The minimum absolute atomic E-state index is 0.103. The van der Waals surface area contributed by atoms with E-state index in [1.54, 1.807) is 37.4 Å². The number of hydrogen-bond donors (Lipinski definition) is 1. The summed E-state index contributed by atoms with van der Waals surface area (Å²) in [6.45, 7) is -0.103.